The zero-order valence-electron chi connectivity index (χ0n) is 64.3. The lowest BCUT2D eigenvalue weighted by atomic mass is 10.0. The summed E-state index contributed by atoms with van der Waals surface area (Å²) in [6, 6.07) is 0. The molecule has 0 aromatic rings. The number of carbonyl (C=O) groups excluding carboxylic acids is 2. The molecule has 0 rings (SSSR count). The summed E-state index contributed by atoms with van der Waals surface area (Å²) in [5.74, 6) is -2.02. The molecule has 0 saturated heterocycles. The van der Waals surface area contributed by atoms with Gasteiger partial charge in [-0.25, -0.2) is 4.79 Å². The van der Waals surface area contributed by atoms with Crippen LogP contribution in [0.25, 0.3) is 0 Å². The summed E-state index contributed by atoms with van der Waals surface area (Å²) in [7, 11) is 5.97. The van der Waals surface area contributed by atoms with Crippen LogP contribution in [0.4, 0.5) is 0 Å². The number of ether oxygens (including phenoxy) is 4. The van der Waals surface area contributed by atoms with Crippen LogP contribution in [0, 0.1) is 0 Å². The topological polar surface area (TPSA) is 108 Å². The van der Waals surface area contributed by atoms with Crippen LogP contribution in [0.15, 0.2) is 170 Å². The van der Waals surface area contributed by atoms with Crippen LogP contribution in [0.2, 0.25) is 0 Å². The maximum atomic E-state index is 13.0. The number of allylic oxidation sites excluding steroid dienone is 28. The minimum Gasteiger partial charge on any atom is -0.477 e. The summed E-state index contributed by atoms with van der Waals surface area (Å²) in [6.07, 6.45) is 115. The van der Waals surface area contributed by atoms with Crippen molar-refractivity contribution < 1.29 is 42.9 Å². The first-order valence-electron chi connectivity index (χ1n) is 40.3. The molecule has 1 N–H and O–H groups in total. The number of esters is 2. The predicted octanol–water partition coefficient (Wildman–Crippen LogP) is 26.1. The normalized spacial score (nSPS) is 13.6. The molecular formula is C90H150NO8+. The number of likely N-dealkylation sites (N-methyl/N-ethyl adjacent to an activating group) is 1. The quantitative estimate of drug-likeness (QED) is 0.0211. The van der Waals surface area contributed by atoms with Crippen LogP contribution in [-0.2, 0) is 33.3 Å². The molecule has 0 amide bonds. The standard InChI is InChI=1S/C90H149NO8/c1-6-8-10-12-14-16-18-20-22-24-26-28-30-32-34-36-38-40-42-43-44-45-47-48-50-52-54-56-58-60-62-64-66-68-70-72-74-76-78-80-87(92)97-84-86(85-98-90(89(94)95)96-83-82-91(3,4)5)99-88(93)81-79-77-75-73-71-69-67-65-63-61-59-57-55-53-51-49-46-41-39-37-35-33-31-29-27-25-23-21-19-17-15-13-11-9-7-2/h8-11,14-17,20-23,26-29,32-35,39,41,49,51,55,57,61,63,86,90H,6-7,12-13,18-19,24-25,30-31,36-38,40,42-48,50,52-54,56,58-60,62,64-85H2,1-5H3/p+1/b10-8-,11-9-,16-14-,17-15-,22-20-,23-21-,28-26-,29-27-,34-32-,35-33-,41-39-,51-49-,57-55-,63-61-. The molecule has 9 nitrogen and oxygen atoms in total. The second kappa shape index (κ2) is 78.4. The smallest absolute Gasteiger partial charge is 0.361 e. The number of unbranched alkanes of at least 4 members (excludes halogenated alkanes) is 30. The average Bonchev–Trinajstić information content (AvgIpc) is 1.16. The zero-order chi connectivity index (χ0) is 71.8. The Labute approximate surface area is 609 Å². The number of rotatable bonds is 73. The van der Waals surface area contributed by atoms with E-state index in [4.69, 9.17) is 18.9 Å². The first-order chi connectivity index (χ1) is 48.6. The Morgan fingerprint density at radius 2 is 0.545 bits per heavy atom. The summed E-state index contributed by atoms with van der Waals surface area (Å²) >= 11 is 0. The molecule has 0 aliphatic carbocycles. The highest BCUT2D eigenvalue weighted by molar-refractivity contribution is 5.71. The van der Waals surface area contributed by atoms with Gasteiger partial charge in [-0.1, -0.05) is 351 Å². The largest absolute Gasteiger partial charge is 0.477 e. The minimum absolute atomic E-state index is 0.179. The monoisotopic (exact) mass is 1370 g/mol. The third-order valence-electron chi connectivity index (χ3n) is 17.0. The first kappa shape index (κ1) is 93.6. The van der Waals surface area contributed by atoms with E-state index < -0.39 is 24.3 Å². The van der Waals surface area contributed by atoms with Crippen LogP contribution < -0.4 is 0 Å². The van der Waals surface area contributed by atoms with Crippen LogP contribution in [-0.4, -0.2) is 87.4 Å². The molecule has 0 fully saturated rings. The van der Waals surface area contributed by atoms with Crippen molar-refractivity contribution >= 4 is 17.9 Å². The average molecular weight is 1370 g/mol. The fraction of sp³-hybridized carbons (Fsp3) is 0.656. The highest BCUT2D eigenvalue weighted by Crippen LogP contribution is 2.18. The second-order valence-electron chi connectivity index (χ2n) is 27.6. The molecule has 0 aromatic carbocycles. The maximum absolute atomic E-state index is 13.0. The molecule has 0 radical (unpaired) electrons. The molecule has 562 valence electrons. The highest BCUT2D eigenvalue weighted by Gasteiger charge is 2.25. The van der Waals surface area contributed by atoms with Crippen LogP contribution in [0.5, 0.6) is 0 Å². The van der Waals surface area contributed by atoms with E-state index >= 15 is 0 Å². The number of carboxylic acid groups (broad SMARTS) is 1. The molecule has 99 heavy (non-hydrogen) atoms. The number of carboxylic acids is 1. The van der Waals surface area contributed by atoms with Crippen LogP contribution in [0.1, 0.15) is 322 Å². The maximum Gasteiger partial charge on any atom is 0.361 e. The van der Waals surface area contributed by atoms with Crippen molar-refractivity contribution in [3.63, 3.8) is 0 Å². The van der Waals surface area contributed by atoms with E-state index in [9.17, 15) is 19.5 Å². The number of aliphatic carboxylic acids is 1. The third-order valence-corrected chi connectivity index (χ3v) is 17.0. The van der Waals surface area contributed by atoms with Crippen molar-refractivity contribution in [2.24, 2.45) is 0 Å². The van der Waals surface area contributed by atoms with Gasteiger partial charge in [0.15, 0.2) is 6.10 Å². The number of hydrogen-bond donors (Lipinski definition) is 1. The SMILES string of the molecule is CC/C=C\C/C=C\C/C=C\C/C=C\C/C=C\C/C=C\C/C=C\C/C=C\C/C=C\CCCCCCCCCC(=O)OC(COC(=O)CCCCCCCCCCCCCCCCCCCCCCCCC/C=C\C/C=C\C/C=C\C/C=C\C/C=C\CC)COC(OCC[N+](C)(C)C)C(=O)O. The first-order valence-corrected chi connectivity index (χ1v) is 40.3. The summed E-state index contributed by atoms with van der Waals surface area (Å²) < 4.78 is 23.0. The lowest BCUT2D eigenvalue weighted by Gasteiger charge is -2.25. The van der Waals surface area contributed by atoms with Crippen molar-refractivity contribution in [3.8, 4) is 0 Å². The molecule has 9 heteroatoms. The number of hydrogen-bond acceptors (Lipinski definition) is 7. The minimum atomic E-state index is -1.52. The summed E-state index contributed by atoms with van der Waals surface area (Å²) in [4.78, 5) is 37.8. The molecule has 0 aliphatic rings. The summed E-state index contributed by atoms with van der Waals surface area (Å²) in [5.41, 5.74) is 0. The Hall–Kier alpha value is -5.35. The van der Waals surface area contributed by atoms with Gasteiger partial charge in [0.1, 0.15) is 13.2 Å². The Balaban J connectivity index is 4.07. The molecule has 0 aromatic heterocycles. The number of carbonyl (C=O) groups is 3. The van der Waals surface area contributed by atoms with Gasteiger partial charge in [0.05, 0.1) is 34.4 Å². The van der Waals surface area contributed by atoms with E-state index in [2.05, 4.69) is 184 Å². The van der Waals surface area contributed by atoms with Gasteiger partial charge in [-0.05, 0) is 128 Å². The molecule has 0 spiro atoms. The second-order valence-corrected chi connectivity index (χ2v) is 27.6. The summed E-state index contributed by atoms with van der Waals surface area (Å²) in [5, 5.41) is 9.78. The Morgan fingerprint density at radius 3 is 0.808 bits per heavy atom. The van der Waals surface area contributed by atoms with Crippen molar-refractivity contribution in [1.82, 2.24) is 0 Å². The van der Waals surface area contributed by atoms with Crippen LogP contribution >= 0.6 is 0 Å². The molecule has 0 saturated carbocycles. The molecule has 2 atom stereocenters. The van der Waals surface area contributed by atoms with Gasteiger partial charge in [-0.3, -0.25) is 9.59 Å². The fourth-order valence-corrected chi connectivity index (χ4v) is 10.9. The Bertz CT molecular complexity index is 2240. The van der Waals surface area contributed by atoms with Gasteiger partial charge in [0, 0.05) is 12.8 Å². The van der Waals surface area contributed by atoms with E-state index in [0.29, 0.717) is 23.9 Å². The van der Waals surface area contributed by atoms with Crippen LogP contribution in [0.3, 0.4) is 0 Å². The van der Waals surface area contributed by atoms with Crippen molar-refractivity contribution in [2.45, 2.75) is 334 Å². The van der Waals surface area contributed by atoms with Gasteiger partial charge < -0.3 is 28.5 Å². The van der Waals surface area contributed by atoms with Crippen molar-refractivity contribution in [1.29, 1.82) is 0 Å². The fourth-order valence-electron chi connectivity index (χ4n) is 10.9. The van der Waals surface area contributed by atoms with Gasteiger partial charge in [0.2, 0.25) is 0 Å². The van der Waals surface area contributed by atoms with Gasteiger partial charge in [0.25, 0.3) is 6.29 Å². The Kier molecular flexibility index (Phi) is 74.1. The van der Waals surface area contributed by atoms with E-state index in [0.717, 1.165) is 135 Å². The molecule has 2 unspecified atom stereocenters. The molecule has 0 aliphatic heterocycles. The van der Waals surface area contributed by atoms with E-state index in [1.807, 2.05) is 21.1 Å². The molecular weight excluding hydrogens is 1220 g/mol. The highest BCUT2D eigenvalue weighted by atomic mass is 16.7. The van der Waals surface area contributed by atoms with E-state index in [1.165, 1.54) is 154 Å². The van der Waals surface area contributed by atoms with E-state index in [-0.39, 0.29) is 32.2 Å². The van der Waals surface area contributed by atoms with Gasteiger partial charge in [-0.15, -0.1) is 0 Å². The lowest BCUT2D eigenvalue weighted by molar-refractivity contribution is -0.870. The molecule has 0 heterocycles. The number of nitrogens with zero attached hydrogens (tertiary/aromatic N) is 1. The number of quaternary nitrogens is 1. The third kappa shape index (κ3) is 79.8. The molecule has 0 bridgehead atoms. The zero-order valence-corrected chi connectivity index (χ0v) is 64.3. The lowest BCUT2D eigenvalue weighted by Crippen LogP contribution is -2.40. The van der Waals surface area contributed by atoms with Gasteiger partial charge in [-0.2, -0.15) is 0 Å². The summed E-state index contributed by atoms with van der Waals surface area (Å²) in [6.45, 7) is 4.65. The Morgan fingerprint density at radius 1 is 0.303 bits per heavy atom. The van der Waals surface area contributed by atoms with Gasteiger partial charge >= 0.3 is 17.9 Å². The van der Waals surface area contributed by atoms with E-state index in [1.54, 1.807) is 0 Å². The van der Waals surface area contributed by atoms with Crippen molar-refractivity contribution in [3.05, 3.63) is 170 Å². The van der Waals surface area contributed by atoms with Crippen molar-refractivity contribution in [2.75, 3.05) is 47.5 Å². The predicted molar refractivity (Wildman–Crippen MR) is 428 cm³/mol.